The van der Waals surface area contributed by atoms with Crippen molar-refractivity contribution in [3.8, 4) is 0 Å². The highest BCUT2D eigenvalue weighted by Gasteiger charge is 2.41. The summed E-state index contributed by atoms with van der Waals surface area (Å²) < 4.78 is 0. The number of hydrogen-bond acceptors (Lipinski definition) is 5. The quantitative estimate of drug-likeness (QED) is 0.688. The highest BCUT2D eigenvalue weighted by atomic mass is 16.3. The zero-order valence-electron chi connectivity index (χ0n) is 11.2. The van der Waals surface area contributed by atoms with Gasteiger partial charge in [-0.1, -0.05) is 6.92 Å². The fourth-order valence-corrected chi connectivity index (χ4v) is 1.85. The largest absolute Gasteiger partial charge is 0.396 e. The Morgan fingerprint density at radius 1 is 1.28 bits per heavy atom. The molecule has 0 amide bonds. The molecular formula is C13H22N4O. The summed E-state index contributed by atoms with van der Waals surface area (Å²) in [7, 11) is 0. The van der Waals surface area contributed by atoms with Crippen LogP contribution in [0, 0.1) is 12.3 Å². The number of rotatable bonds is 7. The molecule has 1 aromatic rings. The molecule has 0 radical (unpaired) electrons. The molecule has 5 nitrogen and oxygen atoms in total. The van der Waals surface area contributed by atoms with E-state index in [0.717, 1.165) is 49.8 Å². The van der Waals surface area contributed by atoms with Gasteiger partial charge in [-0.05, 0) is 26.2 Å². The Balaban J connectivity index is 1.96. The van der Waals surface area contributed by atoms with Crippen molar-refractivity contribution in [1.82, 2.24) is 9.97 Å². The lowest BCUT2D eigenvalue weighted by Crippen LogP contribution is -2.20. The van der Waals surface area contributed by atoms with E-state index in [-0.39, 0.29) is 12.0 Å². The molecular weight excluding hydrogens is 228 g/mol. The van der Waals surface area contributed by atoms with E-state index in [1.807, 2.05) is 13.0 Å². The minimum atomic E-state index is 0.0931. The summed E-state index contributed by atoms with van der Waals surface area (Å²) in [5, 5.41) is 15.8. The highest BCUT2D eigenvalue weighted by Crippen LogP contribution is 2.44. The van der Waals surface area contributed by atoms with E-state index in [1.54, 1.807) is 0 Å². The van der Waals surface area contributed by atoms with Gasteiger partial charge in [0.15, 0.2) is 0 Å². The number of aryl methyl sites for hydroxylation is 1. The monoisotopic (exact) mass is 250 g/mol. The molecule has 0 saturated heterocycles. The zero-order valence-corrected chi connectivity index (χ0v) is 11.2. The Labute approximate surface area is 108 Å². The van der Waals surface area contributed by atoms with Crippen LogP contribution in [0.3, 0.4) is 0 Å². The number of aliphatic hydroxyl groups excluding tert-OH is 1. The fourth-order valence-electron chi connectivity index (χ4n) is 1.85. The van der Waals surface area contributed by atoms with E-state index in [9.17, 15) is 5.11 Å². The summed E-state index contributed by atoms with van der Waals surface area (Å²) >= 11 is 0. The molecule has 1 aromatic heterocycles. The molecule has 2 rings (SSSR count). The maximum Gasteiger partial charge on any atom is 0.131 e. The molecule has 1 aliphatic rings. The van der Waals surface area contributed by atoms with Gasteiger partial charge in [-0.15, -0.1) is 0 Å². The number of nitrogens with one attached hydrogen (secondary N) is 2. The highest BCUT2D eigenvalue weighted by molar-refractivity contribution is 5.47. The van der Waals surface area contributed by atoms with Crippen LogP contribution >= 0.6 is 0 Å². The number of anilines is 2. The summed E-state index contributed by atoms with van der Waals surface area (Å²) in [6.45, 7) is 5.97. The van der Waals surface area contributed by atoms with Crippen molar-refractivity contribution in [2.45, 2.75) is 33.1 Å². The zero-order chi connectivity index (χ0) is 13.0. The van der Waals surface area contributed by atoms with Crippen LogP contribution in [-0.2, 0) is 0 Å². The van der Waals surface area contributed by atoms with Gasteiger partial charge >= 0.3 is 0 Å². The smallest absolute Gasteiger partial charge is 0.131 e. The fraction of sp³-hybridized carbons (Fsp3) is 0.692. The predicted molar refractivity (Wildman–Crippen MR) is 72.8 cm³/mol. The maximum absolute atomic E-state index is 9.27. The van der Waals surface area contributed by atoms with Crippen molar-refractivity contribution in [3.63, 3.8) is 0 Å². The third kappa shape index (κ3) is 3.32. The van der Waals surface area contributed by atoms with E-state index >= 15 is 0 Å². The summed E-state index contributed by atoms with van der Waals surface area (Å²) in [5.41, 5.74) is 0.0931. The molecule has 1 heterocycles. The van der Waals surface area contributed by atoms with Gasteiger partial charge in [0.05, 0.1) is 6.61 Å². The van der Waals surface area contributed by atoms with Crippen LogP contribution in [-0.4, -0.2) is 34.8 Å². The number of nitrogens with zero attached hydrogens (tertiary/aromatic N) is 2. The molecule has 100 valence electrons. The molecule has 18 heavy (non-hydrogen) atoms. The first-order valence-electron chi connectivity index (χ1n) is 6.62. The average Bonchev–Trinajstić information content (AvgIpc) is 3.14. The van der Waals surface area contributed by atoms with Gasteiger partial charge in [-0.3, -0.25) is 0 Å². The summed E-state index contributed by atoms with van der Waals surface area (Å²) in [5.74, 6) is 2.45. The van der Waals surface area contributed by atoms with Gasteiger partial charge in [0.1, 0.15) is 17.5 Å². The third-order valence-corrected chi connectivity index (χ3v) is 3.33. The molecule has 1 saturated carbocycles. The van der Waals surface area contributed by atoms with Crippen molar-refractivity contribution in [1.29, 1.82) is 0 Å². The van der Waals surface area contributed by atoms with Gasteiger partial charge in [0, 0.05) is 24.6 Å². The lowest BCUT2D eigenvalue weighted by molar-refractivity contribution is 0.219. The van der Waals surface area contributed by atoms with Crippen molar-refractivity contribution in [3.05, 3.63) is 11.9 Å². The topological polar surface area (TPSA) is 70.1 Å². The van der Waals surface area contributed by atoms with Crippen LogP contribution in [0.2, 0.25) is 0 Å². The lowest BCUT2D eigenvalue weighted by Gasteiger charge is -2.14. The summed E-state index contributed by atoms with van der Waals surface area (Å²) in [6, 6.07) is 1.93. The molecule has 0 spiro atoms. The second kappa shape index (κ2) is 5.52. The number of aliphatic hydroxyl groups is 1. The first-order valence-corrected chi connectivity index (χ1v) is 6.62. The van der Waals surface area contributed by atoms with Crippen molar-refractivity contribution >= 4 is 11.6 Å². The van der Waals surface area contributed by atoms with E-state index in [1.165, 1.54) is 0 Å². The summed E-state index contributed by atoms with van der Waals surface area (Å²) in [6.07, 6.45) is 3.27. The second-order valence-corrected chi connectivity index (χ2v) is 5.12. The van der Waals surface area contributed by atoms with Gasteiger partial charge in [0.25, 0.3) is 0 Å². The predicted octanol–water partition coefficient (Wildman–Crippen LogP) is 1.79. The standard InChI is InChI=1S/C13H22N4O/c1-3-6-14-11-7-12(17-10(2)16-11)15-8-13(9-18)4-5-13/h7,18H,3-6,8-9H2,1-2H3,(H2,14,15,16,17). The second-order valence-electron chi connectivity index (χ2n) is 5.12. The lowest BCUT2D eigenvalue weighted by atomic mass is 10.1. The molecule has 0 bridgehead atoms. The minimum Gasteiger partial charge on any atom is -0.396 e. The van der Waals surface area contributed by atoms with Crippen LogP contribution in [0.5, 0.6) is 0 Å². The molecule has 5 heteroatoms. The molecule has 0 atom stereocenters. The molecule has 0 unspecified atom stereocenters. The first kappa shape index (κ1) is 13.1. The Kier molecular flexibility index (Phi) is 4.01. The van der Waals surface area contributed by atoms with E-state index in [0.29, 0.717) is 0 Å². The van der Waals surface area contributed by atoms with Gasteiger partial charge in [-0.25, -0.2) is 9.97 Å². The number of aromatic nitrogens is 2. The van der Waals surface area contributed by atoms with Crippen LogP contribution < -0.4 is 10.6 Å². The SMILES string of the molecule is CCCNc1cc(NCC2(CO)CC2)nc(C)n1. The van der Waals surface area contributed by atoms with Crippen LogP contribution in [0.4, 0.5) is 11.6 Å². The third-order valence-electron chi connectivity index (χ3n) is 3.33. The Morgan fingerprint density at radius 3 is 2.50 bits per heavy atom. The minimum absolute atomic E-state index is 0.0931. The van der Waals surface area contributed by atoms with Gasteiger partial charge < -0.3 is 15.7 Å². The maximum atomic E-state index is 9.27. The van der Waals surface area contributed by atoms with Crippen LogP contribution in [0.15, 0.2) is 6.07 Å². The number of hydrogen-bond donors (Lipinski definition) is 3. The van der Waals surface area contributed by atoms with E-state index in [4.69, 9.17) is 0 Å². The van der Waals surface area contributed by atoms with Gasteiger partial charge in [-0.2, -0.15) is 0 Å². The Hall–Kier alpha value is -1.36. The molecule has 0 aliphatic heterocycles. The van der Waals surface area contributed by atoms with Crippen LogP contribution in [0.25, 0.3) is 0 Å². The molecule has 1 fully saturated rings. The summed E-state index contributed by atoms with van der Waals surface area (Å²) in [4.78, 5) is 8.70. The van der Waals surface area contributed by atoms with Crippen molar-refractivity contribution in [2.75, 3.05) is 30.3 Å². The molecule has 1 aliphatic carbocycles. The molecule has 3 N–H and O–H groups in total. The van der Waals surface area contributed by atoms with E-state index < -0.39 is 0 Å². The normalized spacial score (nSPS) is 16.4. The molecule has 0 aromatic carbocycles. The van der Waals surface area contributed by atoms with Crippen molar-refractivity contribution in [2.24, 2.45) is 5.41 Å². The Bertz CT molecular complexity index is 404. The Morgan fingerprint density at radius 2 is 1.94 bits per heavy atom. The van der Waals surface area contributed by atoms with Gasteiger partial charge in [0.2, 0.25) is 0 Å². The average molecular weight is 250 g/mol. The van der Waals surface area contributed by atoms with Crippen molar-refractivity contribution < 1.29 is 5.11 Å². The van der Waals surface area contributed by atoms with Crippen LogP contribution in [0.1, 0.15) is 32.0 Å². The first-order chi connectivity index (χ1) is 8.67. The van der Waals surface area contributed by atoms with E-state index in [2.05, 4.69) is 27.5 Å².